The Morgan fingerprint density at radius 3 is 2.94 bits per heavy atom. The zero-order valence-electron chi connectivity index (χ0n) is 9.80. The average molecular weight is 340 g/mol. The van der Waals surface area contributed by atoms with E-state index in [1.54, 1.807) is 11.3 Å². The number of hydrogen-bond acceptors (Lipinski definition) is 3. The Morgan fingerprint density at radius 1 is 1.39 bits per heavy atom. The van der Waals surface area contributed by atoms with Crippen molar-refractivity contribution in [2.24, 2.45) is 5.73 Å². The zero-order valence-corrected chi connectivity index (χ0v) is 13.0. The van der Waals surface area contributed by atoms with Crippen LogP contribution in [0.3, 0.4) is 0 Å². The van der Waals surface area contributed by atoms with Crippen LogP contribution in [-0.2, 0) is 12.8 Å². The lowest BCUT2D eigenvalue weighted by Gasteiger charge is -2.17. The van der Waals surface area contributed by atoms with Gasteiger partial charge < -0.3 is 5.73 Å². The van der Waals surface area contributed by atoms with Crippen LogP contribution >= 0.6 is 39.0 Å². The van der Waals surface area contributed by atoms with Gasteiger partial charge in [0.05, 0.1) is 0 Å². The van der Waals surface area contributed by atoms with Crippen LogP contribution in [0.4, 0.5) is 0 Å². The van der Waals surface area contributed by atoms with Crippen molar-refractivity contribution in [1.82, 2.24) is 0 Å². The molecule has 4 heteroatoms. The first-order valence-electron chi connectivity index (χ1n) is 5.95. The maximum absolute atomic E-state index is 6.37. The van der Waals surface area contributed by atoms with Gasteiger partial charge in [0.15, 0.2) is 0 Å². The quantitative estimate of drug-likeness (QED) is 0.910. The second-order valence-electron chi connectivity index (χ2n) is 4.57. The molecule has 2 heterocycles. The molecule has 1 aliphatic heterocycles. The van der Waals surface area contributed by atoms with Crippen LogP contribution in [-0.4, -0.2) is 11.3 Å². The molecule has 0 amide bonds. The highest BCUT2D eigenvalue weighted by molar-refractivity contribution is 9.10. The summed E-state index contributed by atoms with van der Waals surface area (Å²) in [5, 5.41) is 2.64. The first-order chi connectivity index (χ1) is 8.72. The van der Waals surface area contributed by atoms with Gasteiger partial charge in [-0.15, -0.1) is 23.1 Å². The Morgan fingerprint density at radius 2 is 2.22 bits per heavy atom. The molecule has 1 aliphatic rings. The Labute approximate surface area is 124 Å². The van der Waals surface area contributed by atoms with E-state index in [1.165, 1.54) is 15.3 Å². The van der Waals surface area contributed by atoms with Crippen molar-refractivity contribution in [3.05, 3.63) is 50.6 Å². The summed E-state index contributed by atoms with van der Waals surface area (Å²) in [5.41, 5.74) is 7.82. The number of thiophene rings is 1. The Balaban J connectivity index is 1.67. The molecule has 1 aromatic heterocycles. The van der Waals surface area contributed by atoms with Gasteiger partial charge in [-0.3, -0.25) is 0 Å². The van der Waals surface area contributed by atoms with E-state index in [4.69, 9.17) is 5.73 Å². The fraction of sp³-hybridized carbons (Fsp3) is 0.286. The van der Waals surface area contributed by atoms with E-state index in [0.717, 1.165) is 17.3 Å². The van der Waals surface area contributed by atoms with E-state index in [-0.39, 0.29) is 6.04 Å². The first-order valence-corrected chi connectivity index (χ1v) is 8.50. The van der Waals surface area contributed by atoms with Crippen LogP contribution in [0.5, 0.6) is 0 Å². The predicted molar refractivity (Wildman–Crippen MR) is 83.5 cm³/mol. The van der Waals surface area contributed by atoms with Gasteiger partial charge in [-0.1, -0.05) is 18.2 Å². The molecule has 1 nitrogen and oxygen atoms in total. The predicted octanol–water partition coefficient (Wildman–Crippen LogP) is 4.10. The van der Waals surface area contributed by atoms with E-state index < -0.39 is 0 Å². The molecule has 0 fully saturated rings. The summed E-state index contributed by atoms with van der Waals surface area (Å²) in [7, 11) is 0. The highest BCUT2D eigenvalue weighted by atomic mass is 79.9. The molecule has 2 N–H and O–H groups in total. The van der Waals surface area contributed by atoms with Gasteiger partial charge >= 0.3 is 0 Å². The fourth-order valence-corrected chi connectivity index (χ4v) is 5.12. The normalized spacial score (nSPS) is 19.8. The van der Waals surface area contributed by atoms with Crippen LogP contribution in [0.2, 0.25) is 0 Å². The lowest BCUT2D eigenvalue weighted by molar-refractivity contribution is 0.637. The minimum Gasteiger partial charge on any atom is -0.326 e. The van der Waals surface area contributed by atoms with E-state index in [2.05, 4.69) is 51.6 Å². The third-order valence-corrected chi connectivity index (χ3v) is 6.40. The van der Waals surface area contributed by atoms with Crippen LogP contribution in [0.15, 0.2) is 45.1 Å². The van der Waals surface area contributed by atoms with Gasteiger partial charge in [-0.05, 0) is 46.5 Å². The van der Waals surface area contributed by atoms with Gasteiger partial charge in [-0.2, -0.15) is 0 Å². The number of benzene rings is 1. The smallest absolute Gasteiger partial charge is 0.0290 e. The van der Waals surface area contributed by atoms with Gasteiger partial charge in [0.2, 0.25) is 0 Å². The summed E-state index contributed by atoms with van der Waals surface area (Å²) in [6.07, 6.45) is 2.08. The number of fused-ring (bicyclic) bond motifs is 1. The van der Waals surface area contributed by atoms with Gasteiger partial charge in [0, 0.05) is 30.9 Å². The van der Waals surface area contributed by atoms with Gasteiger partial charge in [-0.25, -0.2) is 0 Å². The molecule has 0 aliphatic carbocycles. The SMILES string of the molecule is NC(Cc1cc(Br)cs1)C1Cc2ccccc2S1. The molecule has 0 saturated carbocycles. The number of hydrogen-bond donors (Lipinski definition) is 1. The number of halogens is 1. The van der Waals surface area contributed by atoms with Crippen LogP contribution in [0.25, 0.3) is 0 Å². The average Bonchev–Trinajstić information content (AvgIpc) is 2.95. The molecule has 0 bridgehead atoms. The van der Waals surface area contributed by atoms with Gasteiger partial charge in [0.25, 0.3) is 0 Å². The zero-order chi connectivity index (χ0) is 12.5. The summed E-state index contributed by atoms with van der Waals surface area (Å²) < 4.78 is 1.16. The minimum absolute atomic E-state index is 0.230. The van der Waals surface area contributed by atoms with E-state index in [9.17, 15) is 0 Å². The standard InChI is InChI=1S/C14H14BrNS2/c15-10-6-11(17-8-10)7-12(16)14-5-9-3-1-2-4-13(9)18-14/h1-4,6,8,12,14H,5,7,16H2. The molecule has 94 valence electrons. The highest BCUT2D eigenvalue weighted by Crippen LogP contribution is 2.38. The van der Waals surface area contributed by atoms with Crippen molar-refractivity contribution in [3.63, 3.8) is 0 Å². The summed E-state index contributed by atoms with van der Waals surface area (Å²) in [6.45, 7) is 0. The molecule has 2 atom stereocenters. The molecule has 3 rings (SSSR count). The van der Waals surface area contributed by atoms with Crippen LogP contribution in [0, 0.1) is 0 Å². The molecular weight excluding hydrogens is 326 g/mol. The highest BCUT2D eigenvalue weighted by Gasteiger charge is 2.27. The summed E-state index contributed by atoms with van der Waals surface area (Å²) in [6, 6.07) is 11.1. The Bertz CT molecular complexity index is 527. The molecule has 0 saturated heterocycles. The van der Waals surface area contributed by atoms with Crippen molar-refractivity contribution in [2.75, 3.05) is 0 Å². The minimum atomic E-state index is 0.230. The molecule has 2 unspecified atom stereocenters. The topological polar surface area (TPSA) is 26.0 Å². The largest absolute Gasteiger partial charge is 0.326 e. The molecule has 1 aromatic carbocycles. The molecule has 0 spiro atoms. The summed E-state index contributed by atoms with van der Waals surface area (Å²) in [4.78, 5) is 2.77. The lowest BCUT2D eigenvalue weighted by atomic mass is 10.0. The van der Waals surface area contributed by atoms with Crippen molar-refractivity contribution in [2.45, 2.75) is 29.0 Å². The monoisotopic (exact) mass is 339 g/mol. The summed E-state index contributed by atoms with van der Waals surface area (Å²) >= 11 is 7.22. The van der Waals surface area contributed by atoms with Crippen LogP contribution in [0.1, 0.15) is 10.4 Å². The van der Waals surface area contributed by atoms with Crippen molar-refractivity contribution in [1.29, 1.82) is 0 Å². The molecule has 2 aromatic rings. The maximum atomic E-state index is 6.37. The van der Waals surface area contributed by atoms with Crippen LogP contribution < -0.4 is 5.73 Å². The van der Waals surface area contributed by atoms with E-state index in [0.29, 0.717) is 5.25 Å². The second-order valence-corrected chi connectivity index (χ2v) is 7.76. The van der Waals surface area contributed by atoms with Crippen molar-refractivity contribution in [3.8, 4) is 0 Å². The number of nitrogens with two attached hydrogens (primary N) is 1. The number of rotatable bonds is 3. The number of thioether (sulfide) groups is 1. The van der Waals surface area contributed by atoms with Crippen molar-refractivity contribution >= 4 is 39.0 Å². The Hall–Kier alpha value is -0.290. The molecular formula is C14H14BrNS2. The fourth-order valence-electron chi connectivity index (χ4n) is 2.27. The van der Waals surface area contributed by atoms with Crippen molar-refractivity contribution < 1.29 is 0 Å². The third kappa shape index (κ3) is 2.67. The Kier molecular flexibility index (Phi) is 3.80. The second kappa shape index (κ2) is 5.37. The lowest BCUT2D eigenvalue weighted by Crippen LogP contribution is -2.34. The molecule has 0 radical (unpaired) electrons. The van der Waals surface area contributed by atoms with Gasteiger partial charge in [0.1, 0.15) is 0 Å². The van der Waals surface area contributed by atoms with E-state index in [1.807, 2.05) is 11.8 Å². The third-order valence-electron chi connectivity index (χ3n) is 3.21. The summed E-state index contributed by atoms with van der Waals surface area (Å²) in [5.74, 6) is 0. The maximum Gasteiger partial charge on any atom is 0.0290 e. The first kappa shape index (κ1) is 12.7. The molecule has 18 heavy (non-hydrogen) atoms. The van der Waals surface area contributed by atoms with E-state index >= 15 is 0 Å².